The maximum Gasteiger partial charge on any atom is 0.261 e. The van der Waals surface area contributed by atoms with Gasteiger partial charge in [-0.15, -0.1) is 0 Å². The molecule has 38 heavy (non-hydrogen) atoms. The van der Waals surface area contributed by atoms with Gasteiger partial charge in [0, 0.05) is 12.5 Å². The van der Waals surface area contributed by atoms with Crippen LogP contribution in [-0.2, 0) is 10.3 Å². The monoisotopic (exact) mass is 495 g/mol. The summed E-state index contributed by atoms with van der Waals surface area (Å²) >= 11 is 0. The Hall–Kier alpha value is -4.54. The molecule has 0 radical (unpaired) electrons. The SMILES string of the molecule is O=C1c2cc3ccccc3cc2C(=O)N1CC(c1ccccc1)C1OC1(c1ccccc1)c1ccccc1. The molecule has 0 spiro atoms. The molecule has 0 aliphatic carbocycles. The molecular weight excluding hydrogens is 470 g/mol. The Bertz CT molecular complexity index is 1570. The second kappa shape index (κ2) is 8.79. The molecule has 5 aromatic carbocycles. The minimum absolute atomic E-state index is 0.215. The molecule has 2 unspecified atom stereocenters. The average molecular weight is 496 g/mol. The maximum absolute atomic E-state index is 13.6. The van der Waals surface area contributed by atoms with Crippen molar-refractivity contribution in [3.05, 3.63) is 155 Å². The Labute approximate surface area is 221 Å². The molecule has 2 amide bonds. The van der Waals surface area contributed by atoms with Gasteiger partial charge in [0.15, 0.2) is 0 Å². The molecule has 4 nitrogen and oxygen atoms in total. The van der Waals surface area contributed by atoms with Gasteiger partial charge in [0.2, 0.25) is 0 Å². The van der Waals surface area contributed by atoms with Crippen molar-refractivity contribution >= 4 is 22.6 Å². The van der Waals surface area contributed by atoms with Crippen LogP contribution in [0.1, 0.15) is 43.3 Å². The Kier molecular flexibility index (Phi) is 5.24. The maximum atomic E-state index is 13.6. The molecule has 7 rings (SSSR count). The van der Waals surface area contributed by atoms with Crippen molar-refractivity contribution in [1.29, 1.82) is 0 Å². The van der Waals surface area contributed by atoms with E-state index in [0.29, 0.717) is 11.1 Å². The number of carbonyl (C=O) groups excluding carboxylic acids is 2. The molecule has 2 aliphatic heterocycles. The van der Waals surface area contributed by atoms with Gasteiger partial charge < -0.3 is 4.74 Å². The summed E-state index contributed by atoms with van der Waals surface area (Å²) in [6.07, 6.45) is -0.252. The number of ether oxygens (including phenoxy) is 1. The fraction of sp³-hybridized carbons (Fsp3) is 0.118. The summed E-state index contributed by atoms with van der Waals surface area (Å²) in [5, 5.41) is 1.90. The van der Waals surface area contributed by atoms with Crippen LogP contribution in [0.4, 0.5) is 0 Å². The second-order valence-corrected chi connectivity index (χ2v) is 9.99. The third kappa shape index (κ3) is 3.49. The van der Waals surface area contributed by atoms with E-state index in [1.165, 1.54) is 4.90 Å². The zero-order chi connectivity index (χ0) is 25.7. The van der Waals surface area contributed by atoms with Crippen molar-refractivity contribution in [2.75, 3.05) is 6.54 Å². The number of benzene rings is 5. The minimum Gasteiger partial charge on any atom is -0.355 e. The molecule has 184 valence electrons. The Morgan fingerprint density at radius 3 is 1.58 bits per heavy atom. The normalized spacial score (nSPS) is 18.4. The Morgan fingerprint density at radius 1 is 0.632 bits per heavy atom. The number of hydrogen-bond donors (Lipinski definition) is 0. The molecule has 0 aromatic heterocycles. The largest absolute Gasteiger partial charge is 0.355 e. The van der Waals surface area contributed by atoms with E-state index in [1.54, 1.807) is 0 Å². The van der Waals surface area contributed by atoms with E-state index in [2.05, 4.69) is 36.4 Å². The van der Waals surface area contributed by atoms with Crippen LogP contribution in [-0.4, -0.2) is 29.4 Å². The lowest BCUT2D eigenvalue weighted by atomic mass is 9.81. The number of imide groups is 1. The van der Waals surface area contributed by atoms with Gasteiger partial charge >= 0.3 is 0 Å². The first kappa shape index (κ1) is 22.6. The molecule has 0 saturated carbocycles. The summed E-state index contributed by atoms with van der Waals surface area (Å²) in [5.74, 6) is -0.710. The van der Waals surface area contributed by atoms with Crippen LogP contribution in [0.25, 0.3) is 10.8 Å². The number of hydrogen-bond acceptors (Lipinski definition) is 3. The first-order chi connectivity index (χ1) is 18.7. The fourth-order valence-corrected chi connectivity index (χ4v) is 5.95. The molecule has 1 saturated heterocycles. The molecule has 0 bridgehead atoms. The van der Waals surface area contributed by atoms with Crippen molar-refractivity contribution in [2.45, 2.75) is 17.6 Å². The van der Waals surface area contributed by atoms with Crippen molar-refractivity contribution in [3.8, 4) is 0 Å². The second-order valence-electron chi connectivity index (χ2n) is 9.99. The fourth-order valence-electron chi connectivity index (χ4n) is 5.95. The van der Waals surface area contributed by atoms with Crippen molar-refractivity contribution in [3.63, 3.8) is 0 Å². The highest BCUT2D eigenvalue weighted by atomic mass is 16.6. The zero-order valence-corrected chi connectivity index (χ0v) is 20.7. The number of fused-ring (bicyclic) bond motifs is 2. The number of rotatable bonds is 6. The molecule has 2 heterocycles. The van der Waals surface area contributed by atoms with Gasteiger partial charge in [-0.05, 0) is 39.6 Å². The average Bonchev–Trinajstić information content (AvgIpc) is 3.69. The zero-order valence-electron chi connectivity index (χ0n) is 20.7. The quantitative estimate of drug-likeness (QED) is 0.198. The van der Waals surface area contributed by atoms with Gasteiger partial charge in [-0.1, -0.05) is 115 Å². The predicted molar refractivity (Wildman–Crippen MR) is 147 cm³/mol. The number of nitrogens with zero attached hydrogens (tertiary/aromatic N) is 1. The van der Waals surface area contributed by atoms with Crippen LogP contribution in [0.5, 0.6) is 0 Å². The van der Waals surface area contributed by atoms with E-state index in [9.17, 15) is 9.59 Å². The van der Waals surface area contributed by atoms with Gasteiger partial charge in [-0.25, -0.2) is 0 Å². The highest BCUT2D eigenvalue weighted by Crippen LogP contribution is 2.57. The van der Waals surface area contributed by atoms with E-state index in [4.69, 9.17) is 4.74 Å². The van der Waals surface area contributed by atoms with E-state index in [-0.39, 0.29) is 30.4 Å². The highest BCUT2D eigenvalue weighted by Gasteiger charge is 2.62. The van der Waals surface area contributed by atoms with Gasteiger partial charge in [0.05, 0.1) is 11.1 Å². The van der Waals surface area contributed by atoms with Crippen LogP contribution in [0.3, 0.4) is 0 Å². The molecular formula is C34H25NO3. The molecule has 0 N–H and O–H groups in total. The highest BCUT2D eigenvalue weighted by molar-refractivity contribution is 6.23. The Morgan fingerprint density at radius 2 is 1.08 bits per heavy atom. The third-order valence-electron chi connectivity index (χ3n) is 7.87. The Balaban J connectivity index is 1.30. The van der Waals surface area contributed by atoms with Crippen LogP contribution in [0.2, 0.25) is 0 Å². The van der Waals surface area contributed by atoms with E-state index in [0.717, 1.165) is 27.5 Å². The van der Waals surface area contributed by atoms with E-state index >= 15 is 0 Å². The summed E-state index contributed by atoms with van der Waals surface area (Å²) in [6.45, 7) is 0.235. The number of amides is 2. The summed E-state index contributed by atoms with van der Waals surface area (Å²) in [6, 6.07) is 42.0. The summed E-state index contributed by atoms with van der Waals surface area (Å²) in [4.78, 5) is 28.7. The number of epoxide rings is 1. The van der Waals surface area contributed by atoms with Crippen LogP contribution in [0, 0.1) is 0 Å². The lowest BCUT2D eigenvalue weighted by Crippen LogP contribution is -2.36. The van der Waals surface area contributed by atoms with E-state index < -0.39 is 5.60 Å². The standard InChI is InChI=1S/C34H25NO3/c36-32-28-20-24-14-10-11-15-25(24)21-29(28)33(37)35(32)22-30(23-12-4-1-5-13-23)31-34(38-31,26-16-6-2-7-17-26)27-18-8-3-9-19-27/h1-21,30-31H,22H2. The van der Waals surface area contributed by atoms with Crippen LogP contribution in [0.15, 0.2) is 127 Å². The third-order valence-corrected chi connectivity index (χ3v) is 7.87. The van der Waals surface area contributed by atoms with Gasteiger partial charge in [0.25, 0.3) is 11.8 Å². The first-order valence-electron chi connectivity index (χ1n) is 12.9. The van der Waals surface area contributed by atoms with Gasteiger partial charge in [-0.2, -0.15) is 0 Å². The predicted octanol–water partition coefficient (Wildman–Crippen LogP) is 6.56. The van der Waals surface area contributed by atoms with Crippen LogP contribution >= 0.6 is 0 Å². The molecule has 2 aliphatic rings. The lowest BCUT2D eigenvalue weighted by molar-refractivity contribution is 0.0639. The summed E-state index contributed by atoms with van der Waals surface area (Å²) in [5.41, 5.74) is 3.43. The van der Waals surface area contributed by atoms with Crippen molar-refractivity contribution in [1.82, 2.24) is 4.90 Å². The topological polar surface area (TPSA) is 49.9 Å². The number of carbonyl (C=O) groups is 2. The molecule has 1 fully saturated rings. The molecule has 5 aromatic rings. The van der Waals surface area contributed by atoms with Gasteiger partial charge in [0.1, 0.15) is 11.7 Å². The smallest absolute Gasteiger partial charge is 0.261 e. The molecule has 4 heteroatoms. The summed E-state index contributed by atoms with van der Waals surface area (Å²) in [7, 11) is 0. The van der Waals surface area contributed by atoms with Crippen molar-refractivity contribution in [2.24, 2.45) is 0 Å². The van der Waals surface area contributed by atoms with Crippen LogP contribution < -0.4 is 0 Å². The minimum atomic E-state index is -0.656. The lowest BCUT2D eigenvalue weighted by Gasteiger charge is -2.24. The van der Waals surface area contributed by atoms with Crippen molar-refractivity contribution < 1.29 is 14.3 Å². The first-order valence-corrected chi connectivity index (χ1v) is 12.9. The van der Waals surface area contributed by atoms with E-state index in [1.807, 2.05) is 91.0 Å². The molecule has 2 atom stereocenters. The summed E-state index contributed by atoms with van der Waals surface area (Å²) < 4.78 is 6.66. The van der Waals surface area contributed by atoms with Gasteiger partial charge in [-0.3, -0.25) is 14.5 Å².